The Kier molecular flexibility index (Phi) is 7.19. The Morgan fingerprint density at radius 3 is 2.54 bits per heavy atom. The highest BCUT2D eigenvalue weighted by molar-refractivity contribution is 6.10. The van der Waals surface area contributed by atoms with E-state index >= 15 is 0 Å². The molecule has 0 heterocycles. The van der Waals surface area contributed by atoms with Crippen molar-refractivity contribution in [2.75, 3.05) is 18.5 Å². The lowest BCUT2D eigenvalue weighted by atomic mass is 10.1. The third-order valence-corrected chi connectivity index (χ3v) is 3.87. The summed E-state index contributed by atoms with van der Waals surface area (Å²) < 4.78 is 10.8. The van der Waals surface area contributed by atoms with E-state index in [1.54, 1.807) is 18.2 Å². The zero-order valence-corrected chi connectivity index (χ0v) is 16.1. The second-order valence-electron chi connectivity index (χ2n) is 6.03. The number of amides is 1. The van der Waals surface area contributed by atoms with Crippen LogP contribution in [0.5, 0.6) is 11.5 Å². The monoisotopic (exact) mass is 375 g/mol. The third-order valence-electron chi connectivity index (χ3n) is 3.87. The number of nitrogens with zero attached hydrogens (tertiary/aromatic N) is 2. The van der Waals surface area contributed by atoms with Crippen LogP contribution in [0.3, 0.4) is 0 Å². The van der Waals surface area contributed by atoms with Crippen LogP contribution in [0.15, 0.2) is 42.0 Å². The molecule has 0 saturated heterocycles. The van der Waals surface area contributed by atoms with Gasteiger partial charge in [-0.3, -0.25) is 4.79 Å². The minimum Gasteiger partial charge on any atom is -0.490 e. The summed E-state index contributed by atoms with van der Waals surface area (Å²) in [7, 11) is 0. The van der Waals surface area contributed by atoms with E-state index in [4.69, 9.17) is 14.7 Å². The zero-order valence-electron chi connectivity index (χ0n) is 16.1. The molecule has 0 fully saturated rings. The molecule has 142 valence electrons. The van der Waals surface area contributed by atoms with Gasteiger partial charge in [0.15, 0.2) is 18.1 Å². The lowest BCUT2D eigenvalue weighted by molar-refractivity contribution is -0.112. The minimum absolute atomic E-state index is 0.0342. The molecule has 0 saturated carbocycles. The van der Waals surface area contributed by atoms with Crippen molar-refractivity contribution in [3.05, 3.63) is 58.7 Å². The van der Waals surface area contributed by atoms with Crippen molar-refractivity contribution >= 4 is 17.7 Å². The maximum Gasteiger partial charge on any atom is 0.266 e. The number of anilines is 1. The fraction of sp³-hybridized carbons (Fsp3) is 0.227. The molecule has 28 heavy (non-hydrogen) atoms. The van der Waals surface area contributed by atoms with Crippen molar-refractivity contribution in [1.29, 1.82) is 10.5 Å². The molecule has 0 aliphatic rings. The van der Waals surface area contributed by atoms with Crippen LogP contribution in [0, 0.1) is 36.5 Å². The van der Waals surface area contributed by atoms with Crippen LogP contribution in [0.25, 0.3) is 6.08 Å². The van der Waals surface area contributed by atoms with Crippen molar-refractivity contribution < 1.29 is 14.3 Å². The molecule has 2 rings (SSSR count). The van der Waals surface area contributed by atoms with Gasteiger partial charge in [0.2, 0.25) is 0 Å². The van der Waals surface area contributed by atoms with E-state index in [9.17, 15) is 10.1 Å². The normalized spacial score (nSPS) is 10.5. The van der Waals surface area contributed by atoms with Crippen LogP contribution in [-0.2, 0) is 4.79 Å². The van der Waals surface area contributed by atoms with Gasteiger partial charge in [-0.25, -0.2) is 0 Å². The summed E-state index contributed by atoms with van der Waals surface area (Å²) in [4.78, 5) is 12.5. The van der Waals surface area contributed by atoms with Gasteiger partial charge in [0.05, 0.1) is 6.61 Å². The average Bonchev–Trinajstić information content (AvgIpc) is 2.67. The van der Waals surface area contributed by atoms with Crippen molar-refractivity contribution in [2.45, 2.75) is 20.8 Å². The van der Waals surface area contributed by atoms with Gasteiger partial charge in [0, 0.05) is 5.69 Å². The number of ether oxygens (including phenoxy) is 2. The summed E-state index contributed by atoms with van der Waals surface area (Å²) in [6, 6.07) is 14.5. The van der Waals surface area contributed by atoms with Crippen LogP contribution in [0.1, 0.15) is 23.6 Å². The summed E-state index contributed by atoms with van der Waals surface area (Å²) in [6.45, 7) is 6.01. The highest BCUT2D eigenvalue weighted by Crippen LogP contribution is 2.29. The topological polar surface area (TPSA) is 95.1 Å². The number of hydrogen-bond donors (Lipinski definition) is 1. The Balaban J connectivity index is 2.27. The predicted molar refractivity (Wildman–Crippen MR) is 107 cm³/mol. The number of hydrogen-bond acceptors (Lipinski definition) is 5. The number of nitriles is 2. The molecule has 0 bridgehead atoms. The highest BCUT2D eigenvalue weighted by atomic mass is 16.5. The highest BCUT2D eigenvalue weighted by Gasteiger charge is 2.12. The Bertz CT molecular complexity index is 981. The molecular formula is C22H21N3O3. The van der Waals surface area contributed by atoms with Gasteiger partial charge in [-0.15, -0.1) is 0 Å². The fourth-order valence-corrected chi connectivity index (χ4v) is 2.57. The van der Waals surface area contributed by atoms with Crippen LogP contribution < -0.4 is 14.8 Å². The van der Waals surface area contributed by atoms with Crippen molar-refractivity contribution in [2.24, 2.45) is 0 Å². The minimum atomic E-state index is -0.489. The molecule has 0 unspecified atom stereocenters. The Hall–Kier alpha value is -3.77. The quantitative estimate of drug-likeness (QED) is 0.579. The van der Waals surface area contributed by atoms with Gasteiger partial charge in [0.1, 0.15) is 17.7 Å². The van der Waals surface area contributed by atoms with E-state index < -0.39 is 5.91 Å². The maximum absolute atomic E-state index is 12.5. The number of benzene rings is 2. The van der Waals surface area contributed by atoms with E-state index in [0.717, 1.165) is 11.1 Å². The van der Waals surface area contributed by atoms with Crippen LogP contribution in [-0.4, -0.2) is 19.1 Å². The zero-order chi connectivity index (χ0) is 20.5. The van der Waals surface area contributed by atoms with E-state index in [1.165, 1.54) is 6.08 Å². The SMILES string of the molecule is CCOc1cc(/C=C(\C#N)C(=O)Nc2ccc(C)cc2C)ccc1OCC#N. The van der Waals surface area contributed by atoms with Crippen molar-refractivity contribution in [3.63, 3.8) is 0 Å². The lowest BCUT2D eigenvalue weighted by Gasteiger charge is -2.11. The average molecular weight is 375 g/mol. The Morgan fingerprint density at radius 1 is 1.11 bits per heavy atom. The summed E-state index contributed by atoms with van der Waals surface area (Å²) in [5.74, 6) is 0.384. The summed E-state index contributed by atoms with van der Waals surface area (Å²) in [5, 5.41) is 20.9. The molecule has 0 aliphatic carbocycles. The second-order valence-corrected chi connectivity index (χ2v) is 6.03. The van der Waals surface area contributed by atoms with Crippen LogP contribution in [0.2, 0.25) is 0 Å². The smallest absolute Gasteiger partial charge is 0.266 e. The molecule has 6 heteroatoms. The predicted octanol–water partition coefficient (Wildman–Crippen LogP) is 4.15. The number of carbonyl (C=O) groups excluding carboxylic acids is 1. The van der Waals surface area contributed by atoms with Crippen molar-refractivity contribution in [1.82, 2.24) is 0 Å². The van der Waals surface area contributed by atoms with Gasteiger partial charge in [0.25, 0.3) is 5.91 Å². The molecule has 0 aromatic heterocycles. The first-order valence-corrected chi connectivity index (χ1v) is 8.75. The molecule has 0 aliphatic heterocycles. The molecule has 2 aromatic rings. The van der Waals surface area contributed by atoms with E-state index in [0.29, 0.717) is 29.4 Å². The van der Waals surface area contributed by atoms with Gasteiger partial charge in [-0.1, -0.05) is 23.8 Å². The first kappa shape index (κ1) is 20.5. The second kappa shape index (κ2) is 9.80. The first-order chi connectivity index (χ1) is 13.5. The van der Waals surface area contributed by atoms with Crippen molar-refractivity contribution in [3.8, 4) is 23.6 Å². The Morgan fingerprint density at radius 2 is 1.89 bits per heavy atom. The Labute approximate surface area is 164 Å². The van der Waals surface area contributed by atoms with Gasteiger partial charge in [-0.05, 0) is 56.2 Å². The standard InChI is InChI=1S/C22H21N3O3/c1-4-27-21-13-17(6-8-20(21)28-10-9-23)12-18(14-24)22(26)25-19-7-5-15(2)11-16(19)3/h5-8,11-13H,4,10H2,1-3H3,(H,25,26)/b18-12+. The number of carbonyl (C=O) groups is 1. The molecule has 1 amide bonds. The van der Waals surface area contributed by atoms with E-state index in [2.05, 4.69) is 5.32 Å². The molecule has 1 N–H and O–H groups in total. The molecule has 0 atom stereocenters. The van der Waals surface area contributed by atoms with E-state index in [1.807, 2.05) is 51.1 Å². The third kappa shape index (κ3) is 5.36. The molecule has 0 spiro atoms. The van der Waals surface area contributed by atoms with Gasteiger partial charge >= 0.3 is 0 Å². The molecule has 6 nitrogen and oxygen atoms in total. The summed E-state index contributed by atoms with van der Waals surface area (Å²) in [6.07, 6.45) is 1.48. The maximum atomic E-state index is 12.5. The number of aryl methyl sites for hydroxylation is 2. The van der Waals surface area contributed by atoms with E-state index in [-0.39, 0.29) is 12.2 Å². The number of nitrogens with one attached hydrogen (secondary N) is 1. The first-order valence-electron chi connectivity index (χ1n) is 8.75. The molecular weight excluding hydrogens is 354 g/mol. The van der Waals surface area contributed by atoms with Crippen LogP contribution in [0.4, 0.5) is 5.69 Å². The summed E-state index contributed by atoms with van der Waals surface area (Å²) in [5.41, 5.74) is 3.25. The van der Waals surface area contributed by atoms with Crippen LogP contribution >= 0.6 is 0 Å². The van der Waals surface area contributed by atoms with Gasteiger partial charge < -0.3 is 14.8 Å². The fourth-order valence-electron chi connectivity index (χ4n) is 2.57. The lowest BCUT2D eigenvalue weighted by Crippen LogP contribution is -2.14. The largest absolute Gasteiger partial charge is 0.490 e. The molecule has 2 aromatic carbocycles. The molecule has 0 radical (unpaired) electrons. The summed E-state index contributed by atoms with van der Waals surface area (Å²) >= 11 is 0. The number of rotatable bonds is 7. The van der Waals surface area contributed by atoms with Gasteiger partial charge in [-0.2, -0.15) is 10.5 Å².